The lowest BCUT2D eigenvalue weighted by Gasteiger charge is -2.28. The van der Waals surface area contributed by atoms with Crippen LogP contribution in [0.1, 0.15) is 32.4 Å². The van der Waals surface area contributed by atoms with E-state index in [0.29, 0.717) is 15.6 Å². The molecule has 1 aromatic carbocycles. The van der Waals surface area contributed by atoms with Crippen LogP contribution in [0, 0.1) is 5.41 Å². The summed E-state index contributed by atoms with van der Waals surface area (Å²) in [4.78, 5) is 0. The minimum Gasteiger partial charge on any atom is -0.508 e. The molecule has 1 atom stereocenters. The zero-order valence-electron chi connectivity index (χ0n) is 9.42. The maximum absolute atomic E-state index is 9.76. The molecule has 16 heavy (non-hydrogen) atoms. The van der Waals surface area contributed by atoms with E-state index < -0.39 is 0 Å². The first-order chi connectivity index (χ1) is 6.73. The summed E-state index contributed by atoms with van der Waals surface area (Å²) in [6.45, 7) is 5.96. The minimum atomic E-state index is -0.331. The number of rotatable bonds is 1. The molecule has 0 saturated heterocycles. The smallest absolute Gasteiger partial charge is 0.123 e. The van der Waals surface area contributed by atoms with Gasteiger partial charge in [0.1, 0.15) is 5.75 Å². The Balaban J connectivity index is 0.00000225. The number of nitrogens with two attached hydrogens (primary N) is 1. The molecule has 92 valence electrons. The average Bonchev–Trinajstić information content (AvgIpc) is 1.99. The van der Waals surface area contributed by atoms with E-state index in [9.17, 15) is 5.11 Å². The number of hydrogen-bond donors (Lipinski definition) is 2. The minimum absolute atomic E-state index is 0. The van der Waals surface area contributed by atoms with Gasteiger partial charge in [-0.3, -0.25) is 0 Å². The molecule has 0 bridgehead atoms. The van der Waals surface area contributed by atoms with Gasteiger partial charge in [0.15, 0.2) is 0 Å². The van der Waals surface area contributed by atoms with Crippen LogP contribution < -0.4 is 5.73 Å². The first-order valence-corrected chi connectivity index (χ1v) is 5.42. The van der Waals surface area contributed by atoms with E-state index in [1.807, 2.05) is 20.8 Å². The van der Waals surface area contributed by atoms with Crippen LogP contribution in [0.2, 0.25) is 10.0 Å². The van der Waals surface area contributed by atoms with Gasteiger partial charge >= 0.3 is 0 Å². The molecule has 0 heterocycles. The number of phenols is 1. The predicted molar refractivity (Wildman–Crippen MR) is 71.8 cm³/mol. The van der Waals surface area contributed by atoms with Crippen LogP contribution in [0.25, 0.3) is 0 Å². The number of hydrogen-bond acceptors (Lipinski definition) is 2. The molecule has 5 heteroatoms. The Morgan fingerprint density at radius 3 is 2.12 bits per heavy atom. The summed E-state index contributed by atoms with van der Waals surface area (Å²) >= 11 is 11.8. The molecule has 0 radical (unpaired) electrons. The lowest BCUT2D eigenvalue weighted by atomic mass is 9.83. The number of phenolic OH excluding ortho intramolecular Hbond substituents is 1. The van der Waals surface area contributed by atoms with Crippen molar-refractivity contribution in [2.75, 3.05) is 0 Å². The normalized spacial score (nSPS) is 13.1. The summed E-state index contributed by atoms with van der Waals surface area (Å²) in [7, 11) is 0. The Hall–Kier alpha value is -0.150. The fourth-order valence-electron chi connectivity index (χ4n) is 1.31. The molecule has 0 saturated carbocycles. The van der Waals surface area contributed by atoms with Crippen molar-refractivity contribution in [2.24, 2.45) is 11.1 Å². The molecule has 1 aromatic rings. The van der Waals surface area contributed by atoms with Gasteiger partial charge in [0.25, 0.3) is 0 Å². The molecule has 0 aliphatic heterocycles. The second-order valence-electron chi connectivity index (χ2n) is 4.66. The van der Waals surface area contributed by atoms with Gasteiger partial charge in [-0.05, 0) is 17.5 Å². The molecule has 0 fully saturated rings. The second kappa shape index (κ2) is 5.46. The quantitative estimate of drug-likeness (QED) is 0.813. The molecule has 2 nitrogen and oxygen atoms in total. The molecule has 0 amide bonds. The van der Waals surface area contributed by atoms with Crippen molar-refractivity contribution in [3.8, 4) is 5.75 Å². The zero-order chi connectivity index (χ0) is 11.8. The maximum atomic E-state index is 9.76. The van der Waals surface area contributed by atoms with Gasteiger partial charge in [-0.2, -0.15) is 0 Å². The number of benzene rings is 1. The Labute approximate surface area is 112 Å². The van der Waals surface area contributed by atoms with E-state index in [1.165, 1.54) is 6.07 Å². The summed E-state index contributed by atoms with van der Waals surface area (Å²) in [6.07, 6.45) is 0. The predicted octanol–water partition coefficient (Wildman–Crippen LogP) is 4.17. The van der Waals surface area contributed by atoms with Gasteiger partial charge in [-0.15, -0.1) is 12.4 Å². The standard InChI is InChI=1S/C11H15Cl2NO.ClH/c1-11(2,3)10(14)9-7(13)4-6(12)5-8(9)15;/h4-5,10,15H,14H2,1-3H3;1H/t10-;/m1./s1. The Bertz CT molecular complexity index is 351. The number of halogens is 3. The first-order valence-electron chi connectivity index (χ1n) is 4.67. The molecule has 0 spiro atoms. The third-order valence-corrected chi connectivity index (χ3v) is 2.85. The van der Waals surface area contributed by atoms with Crippen molar-refractivity contribution in [1.82, 2.24) is 0 Å². The highest BCUT2D eigenvalue weighted by molar-refractivity contribution is 6.35. The fourth-order valence-corrected chi connectivity index (χ4v) is 1.91. The highest BCUT2D eigenvalue weighted by Gasteiger charge is 2.27. The molecule has 1 rings (SSSR count). The molecule has 0 aromatic heterocycles. The van der Waals surface area contributed by atoms with Crippen molar-refractivity contribution in [3.63, 3.8) is 0 Å². The van der Waals surface area contributed by atoms with Crippen LogP contribution in [0.4, 0.5) is 0 Å². The summed E-state index contributed by atoms with van der Waals surface area (Å²) in [6, 6.07) is 2.71. The summed E-state index contributed by atoms with van der Waals surface area (Å²) in [5.74, 6) is 0.0509. The first kappa shape index (κ1) is 15.9. The van der Waals surface area contributed by atoms with Crippen LogP contribution in [-0.2, 0) is 0 Å². The van der Waals surface area contributed by atoms with E-state index in [-0.39, 0.29) is 29.6 Å². The van der Waals surface area contributed by atoms with E-state index in [0.717, 1.165) is 0 Å². The highest BCUT2D eigenvalue weighted by atomic mass is 35.5. The van der Waals surface area contributed by atoms with Crippen LogP contribution in [0.3, 0.4) is 0 Å². The van der Waals surface area contributed by atoms with Crippen molar-refractivity contribution < 1.29 is 5.11 Å². The SMILES string of the molecule is CC(C)(C)[C@H](N)c1c(O)cc(Cl)cc1Cl.Cl. The molecular weight excluding hydrogens is 268 g/mol. The molecule has 3 N–H and O–H groups in total. The second-order valence-corrected chi connectivity index (χ2v) is 5.51. The fraction of sp³-hybridized carbons (Fsp3) is 0.455. The van der Waals surface area contributed by atoms with Crippen LogP contribution in [0.5, 0.6) is 5.75 Å². The van der Waals surface area contributed by atoms with E-state index in [2.05, 4.69) is 0 Å². The van der Waals surface area contributed by atoms with Crippen LogP contribution in [0.15, 0.2) is 12.1 Å². The van der Waals surface area contributed by atoms with E-state index in [4.69, 9.17) is 28.9 Å². The van der Waals surface area contributed by atoms with Gasteiger partial charge in [0.05, 0.1) is 5.02 Å². The maximum Gasteiger partial charge on any atom is 0.123 e. The van der Waals surface area contributed by atoms with Crippen molar-refractivity contribution in [3.05, 3.63) is 27.7 Å². The highest BCUT2D eigenvalue weighted by Crippen LogP contribution is 2.40. The van der Waals surface area contributed by atoms with Crippen molar-refractivity contribution in [1.29, 1.82) is 0 Å². The largest absolute Gasteiger partial charge is 0.508 e. The Morgan fingerprint density at radius 1 is 1.25 bits per heavy atom. The summed E-state index contributed by atoms with van der Waals surface area (Å²) < 4.78 is 0. The lowest BCUT2D eigenvalue weighted by Crippen LogP contribution is -2.26. The summed E-state index contributed by atoms with van der Waals surface area (Å²) in [5, 5.41) is 10.6. The third kappa shape index (κ3) is 3.42. The average molecular weight is 285 g/mol. The molecule has 0 aliphatic rings. The molecule has 0 unspecified atom stereocenters. The zero-order valence-corrected chi connectivity index (χ0v) is 11.7. The lowest BCUT2D eigenvalue weighted by molar-refractivity contribution is 0.318. The number of aromatic hydroxyl groups is 1. The van der Waals surface area contributed by atoms with E-state index >= 15 is 0 Å². The topological polar surface area (TPSA) is 46.2 Å². The van der Waals surface area contributed by atoms with Gasteiger partial charge in [-0.25, -0.2) is 0 Å². The molecule has 0 aliphatic carbocycles. The van der Waals surface area contributed by atoms with Crippen LogP contribution in [-0.4, -0.2) is 5.11 Å². The Morgan fingerprint density at radius 2 is 1.75 bits per heavy atom. The van der Waals surface area contributed by atoms with Gasteiger partial charge in [0.2, 0.25) is 0 Å². The van der Waals surface area contributed by atoms with Gasteiger partial charge < -0.3 is 10.8 Å². The Kier molecular flexibility index (Phi) is 5.40. The van der Waals surface area contributed by atoms with Crippen molar-refractivity contribution >= 4 is 35.6 Å². The summed E-state index contributed by atoms with van der Waals surface area (Å²) in [5.41, 5.74) is 6.41. The monoisotopic (exact) mass is 283 g/mol. The van der Waals surface area contributed by atoms with E-state index in [1.54, 1.807) is 6.07 Å². The van der Waals surface area contributed by atoms with Crippen molar-refractivity contribution in [2.45, 2.75) is 26.8 Å². The molecular formula is C11H16Cl3NO. The third-order valence-electron chi connectivity index (χ3n) is 2.32. The van der Waals surface area contributed by atoms with Gasteiger partial charge in [0, 0.05) is 16.6 Å². The van der Waals surface area contributed by atoms with Crippen LogP contribution >= 0.6 is 35.6 Å². The van der Waals surface area contributed by atoms with Gasteiger partial charge in [-0.1, -0.05) is 44.0 Å².